The van der Waals surface area contributed by atoms with Crippen molar-refractivity contribution >= 4 is 17.4 Å². The van der Waals surface area contributed by atoms with Gasteiger partial charge in [0.1, 0.15) is 5.82 Å². The second kappa shape index (κ2) is 7.04. The number of piperidine rings is 1. The number of allylic oxidation sites excluding steroid dienone is 1. The summed E-state index contributed by atoms with van der Waals surface area (Å²) in [5.74, 6) is 2.82. The third kappa shape index (κ3) is 3.36. The molecule has 2 unspecified atom stereocenters. The number of carbonyl (C=O) groups is 1. The zero-order chi connectivity index (χ0) is 21.1. The number of nitrogens with zero attached hydrogens (tertiary/aromatic N) is 5. The normalized spacial score (nSPS) is 26.2. The Bertz CT molecular complexity index is 1120. The smallest absolute Gasteiger partial charge is 0.254 e. The number of rotatable bonds is 5. The van der Waals surface area contributed by atoms with Crippen LogP contribution in [0.15, 0.2) is 40.7 Å². The number of fused-ring (bicyclic) bond motifs is 1. The second-order valence-electron chi connectivity index (χ2n) is 9.47. The van der Waals surface area contributed by atoms with Crippen molar-refractivity contribution in [1.29, 1.82) is 0 Å². The molecule has 3 atom stereocenters. The molecule has 0 spiro atoms. The molecule has 4 heterocycles. The summed E-state index contributed by atoms with van der Waals surface area (Å²) in [5.41, 5.74) is 6.53. The van der Waals surface area contributed by atoms with Gasteiger partial charge in [-0.3, -0.25) is 14.5 Å². The number of hydrogen-bond acceptors (Lipinski definition) is 5. The number of aryl methyl sites for hydroxylation is 1. The van der Waals surface area contributed by atoms with E-state index in [0.29, 0.717) is 12.1 Å². The largest absolute Gasteiger partial charge is 0.356 e. The Hall–Kier alpha value is -2.96. The highest BCUT2D eigenvalue weighted by Gasteiger charge is 2.45. The van der Waals surface area contributed by atoms with Gasteiger partial charge in [-0.05, 0) is 67.7 Å². The Labute approximate surface area is 182 Å². The van der Waals surface area contributed by atoms with Gasteiger partial charge in [0.15, 0.2) is 0 Å². The molecule has 1 N–H and O–H groups in total. The number of nitrogens with one attached hydrogen (secondary N) is 1. The molecule has 7 nitrogen and oxygen atoms in total. The van der Waals surface area contributed by atoms with Crippen LogP contribution >= 0.6 is 0 Å². The van der Waals surface area contributed by atoms with E-state index in [0.717, 1.165) is 67.1 Å². The lowest BCUT2D eigenvalue weighted by Crippen LogP contribution is -2.35. The van der Waals surface area contributed by atoms with Gasteiger partial charge in [0.25, 0.3) is 5.91 Å². The molecule has 4 aliphatic rings. The zero-order valence-electron chi connectivity index (χ0n) is 18.1. The number of aromatic nitrogens is 3. The van der Waals surface area contributed by atoms with Crippen molar-refractivity contribution in [3.8, 4) is 0 Å². The topological polar surface area (TPSA) is 75.4 Å². The van der Waals surface area contributed by atoms with Crippen LogP contribution in [0.25, 0.3) is 0 Å². The standard InChI is InChI=1S/C24H28N6O/c1-14-16(3-6-23(27-14)29-10-17-7-18(17)11-29)12-30-13-19(8-26-30)24(31)28-22-5-4-20-15(2)25-9-21(20)22/h3,6,8,13,17-18,22H,4-5,7,9-12H2,1-2H3,(H,28,31)/t17?,18?,22-/m1/s1. The van der Waals surface area contributed by atoms with E-state index in [-0.39, 0.29) is 11.9 Å². The van der Waals surface area contributed by atoms with Gasteiger partial charge in [0.05, 0.1) is 30.9 Å². The summed E-state index contributed by atoms with van der Waals surface area (Å²) in [6.07, 6.45) is 6.86. The molecule has 6 rings (SSSR count). The minimum atomic E-state index is -0.0626. The average molecular weight is 417 g/mol. The highest BCUT2D eigenvalue weighted by Crippen LogP contribution is 2.46. The fraction of sp³-hybridized carbons (Fsp3) is 0.500. The monoisotopic (exact) mass is 416 g/mol. The molecule has 160 valence electrons. The summed E-state index contributed by atoms with van der Waals surface area (Å²) in [5, 5.41) is 7.61. The maximum absolute atomic E-state index is 12.8. The summed E-state index contributed by atoms with van der Waals surface area (Å²) in [7, 11) is 0. The van der Waals surface area contributed by atoms with Crippen molar-refractivity contribution in [3.63, 3.8) is 0 Å². The highest BCUT2D eigenvalue weighted by molar-refractivity contribution is 6.02. The summed E-state index contributed by atoms with van der Waals surface area (Å²) >= 11 is 0. The highest BCUT2D eigenvalue weighted by atomic mass is 16.1. The van der Waals surface area contributed by atoms with Crippen LogP contribution in [0.2, 0.25) is 0 Å². The van der Waals surface area contributed by atoms with Crippen LogP contribution in [-0.2, 0) is 6.54 Å². The van der Waals surface area contributed by atoms with Crippen LogP contribution in [0.1, 0.15) is 47.8 Å². The summed E-state index contributed by atoms with van der Waals surface area (Å²) < 4.78 is 1.83. The molecule has 2 aromatic heterocycles. The first-order valence-corrected chi connectivity index (χ1v) is 11.3. The Morgan fingerprint density at radius 1 is 1.23 bits per heavy atom. The minimum Gasteiger partial charge on any atom is -0.356 e. The van der Waals surface area contributed by atoms with Crippen LogP contribution in [0.4, 0.5) is 5.82 Å². The van der Waals surface area contributed by atoms with Crippen LogP contribution < -0.4 is 10.2 Å². The van der Waals surface area contributed by atoms with Crippen LogP contribution in [0.3, 0.4) is 0 Å². The van der Waals surface area contributed by atoms with E-state index in [1.807, 2.05) is 10.9 Å². The third-order valence-electron chi connectivity index (χ3n) is 7.43. The van der Waals surface area contributed by atoms with Gasteiger partial charge in [-0.25, -0.2) is 4.98 Å². The van der Waals surface area contributed by atoms with Crippen LogP contribution in [0.5, 0.6) is 0 Å². The molecule has 7 heteroatoms. The molecule has 0 radical (unpaired) electrons. The van der Waals surface area contributed by atoms with E-state index in [1.165, 1.54) is 17.6 Å². The predicted octanol–water partition coefficient (Wildman–Crippen LogP) is 2.75. The van der Waals surface area contributed by atoms with Crippen molar-refractivity contribution in [2.24, 2.45) is 16.8 Å². The van der Waals surface area contributed by atoms with E-state index in [4.69, 9.17) is 4.98 Å². The van der Waals surface area contributed by atoms with E-state index in [2.05, 4.69) is 46.3 Å². The fourth-order valence-electron chi connectivity index (χ4n) is 5.40. The molecule has 2 aliphatic heterocycles. The van der Waals surface area contributed by atoms with Crippen molar-refractivity contribution in [2.75, 3.05) is 24.5 Å². The molecule has 31 heavy (non-hydrogen) atoms. The maximum atomic E-state index is 12.8. The zero-order valence-corrected chi connectivity index (χ0v) is 18.1. The van der Waals surface area contributed by atoms with Gasteiger partial charge in [-0.2, -0.15) is 5.10 Å². The Morgan fingerprint density at radius 3 is 2.87 bits per heavy atom. The number of anilines is 1. The Morgan fingerprint density at radius 2 is 2.06 bits per heavy atom. The Kier molecular flexibility index (Phi) is 4.26. The summed E-state index contributed by atoms with van der Waals surface area (Å²) in [4.78, 5) is 24.5. The number of carbonyl (C=O) groups excluding carboxylic acids is 1. The average Bonchev–Trinajstić information content (AvgIpc) is 3.22. The first kappa shape index (κ1) is 18.8. The molecule has 1 amide bonds. The molecule has 0 aromatic carbocycles. The van der Waals surface area contributed by atoms with E-state index >= 15 is 0 Å². The van der Waals surface area contributed by atoms with Gasteiger partial charge in [0.2, 0.25) is 0 Å². The van der Waals surface area contributed by atoms with Crippen molar-refractivity contribution in [1.82, 2.24) is 20.1 Å². The molecule has 1 saturated heterocycles. The fourth-order valence-corrected chi connectivity index (χ4v) is 5.40. The molecule has 2 aliphatic carbocycles. The molecule has 1 saturated carbocycles. The van der Waals surface area contributed by atoms with Crippen LogP contribution in [0, 0.1) is 18.8 Å². The lowest BCUT2D eigenvalue weighted by Gasteiger charge is -2.20. The molecular formula is C24H28N6O. The second-order valence-corrected chi connectivity index (χ2v) is 9.47. The summed E-state index contributed by atoms with van der Waals surface area (Å²) in [6.45, 7) is 7.77. The lowest BCUT2D eigenvalue weighted by molar-refractivity contribution is 0.0942. The lowest BCUT2D eigenvalue weighted by atomic mass is 10.1. The van der Waals surface area contributed by atoms with Crippen molar-refractivity contribution < 1.29 is 4.79 Å². The van der Waals surface area contributed by atoms with Crippen LogP contribution in [-0.4, -0.2) is 52.1 Å². The van der Waals surface area contributed by atoms with Crippen molar-refractivity contribution in [2.45, 2.75) is 45.7 Å². The first-order valence-electron chi connectivity index (χ1n) is 11.3. The number of aliphatic imine (C=N–C) groups is 1. The van der Waals surface area contributed by atoms with Gasteiger partial charge in [0, 0.05) is 30.7 Å². The van der Waals surface area contributed by atoms with E-state index in [9.17, 15) is 4.79 Å². The number of amides is 1. The number of hydrogen-bond donors (Lipinski definition) is 1. The minimum absolute atomic E-state index is 0.0626. The van der Waals surface area contributed by atoms with Gasteiger partial charge < -0.3 is 10.2 Å². The summed E-state index contributed by atoms with van der Waals surface area (Å²) in [6, 6.07) is 4.38. The van der Waals surface area contributed by atoms with E-state index < -0.39 is 0 Å². The SMILES string of the molecule is CC1=NCC2=C1CC[C@H]2NC(=O)c1cnn(Cc2ccc(N3CC4CC4C3)nc2C)c1. The molecule has 2 aromatic rings. The molecule has 0 bridgehead atoms. The van der Waals surface area contributed by atoms with Gasteiger partial charge in [-0.15, -0.1) is 0 Å². The van der Waals surface area contributed by atoms with E-state index in [1.54, 1.807) is 6.20 Å². The third-order valence-corrected chi connectivity index (χ3v) is 7.43. The maximum Gasteiger partial charge on any atom is 0.254 e. The van der Waals surface area contributed by atoms with Gasteiger partial charge in [-0.1, -0.05) is 6.07 Å². The quantitative estimate of drug-likeness (QED) is 0.813. The Balaban J connectivity index is 1.10. The predicted molar refractivity (Wildman–Crippen MR) is 120 cm³/mol. The number of pyridine rings is 1. The van der Waals surface area contributed by atoms with Gasteiger partial charge >= 0.3 is 0 Å². The van der Waals surface area contributed by atoms with Crippen molar-refractivity contribution in [3.05, 3.63) is 52.5 Å². The first-order chi connectivity index (χ1) is 15.0. The molecule has 2 fully saturated rings. The molecular weight excluding hydrogens is 388 g/mol.